The zero-order chi connectivity index (χ0) is 44.7. The third kappa shape index (κ3) is 21.0. The summed E-state index contributed by atoms with van der Waals surface area (Å²) in [5, 5.41) is 20.0. The molecule has 2 unspecified atom stereocenters. The summed E-state index contributed by atoms with van der Waals surface area (Å²) < 4.78 is 32.3. The topological polar surface area (TPSA) is 232 Å². The lowest BCUT2D eigenvalue weighted by molar-refractivity contribution is -0.160. The van der Waals surface area contributed by atoms with Gasteiger partial charge in [-0.3, -0.25) is 28.8 Å². The van der Waals surface area contributed by atoms with Crippen molar-refractivity contribution in [3.63, 3.8) is 0 Å². The molecule has 330 valence electrons. The summed E-state index contributed by atoms with van der Waals surface area (Å²) in [5.74, 6) is -9.28. The third-order valence-electron chi connectivity index (χ3n) is 9.55. The highest BCUT2D eigenvalue weighted by molar-refractivity contribution is 5.94. The highest BCUT2D eigenvalue weighted by atomic mass is 16.6. The third-order valence-corrected chi connectivity index (χ3v) is 9.55. The summed E-state index contributed by atoms with van der Waals surface area (Å²) in [4.78, 5) is 98.6. The van der Waals surface area contributed by atoms with Gasteiger partial charge in [0.25, 0.3) is 0 Å². The van der Waals surface area contributed by atoms with Crippen molar-refractivity contribution >= 4 is 47.0 Å². The Kier molecular flexibility index (Phi) is 24.2. The minimum absolute atomic E-state index is 0.0175. The highest BCUT2D eigenvalue weighted by Gasteiger charge is 2.42. The Labute approximate surface area is 342 Å². The lowest BCUT2D eigenvalue weighted by Crippen LogP contribution is -2.43. The fourth-order valence-corrected chi connectivity index (χ4v) is 5.40. The molecular formula is C42H66O16. The maximum atomic E-state index is 13.3. The first kappa shape index (κ1) is 53.9. The number of aliphatic carboxylic acids is 2. The van der Waals surface area contributed by atoms with Gasteiger partial charge < -0.3 is 38.6 Å². The Balaban J connectivity index is 4.92. The maximum Gasteiger partial charge on any atom is 0.330 e. The number of hydrogen-bond acceptors (Lipinski definition) is 14. The number of ether oxygens (including phenoxy) is 6. The summed E-state index contributed by atoms with van der Waals surface area (Å²) in [6, 6.07) is 0. The van der Waals surface area contributed by atoms with Crippen molar-refractivity contribution in [1.29, 1.82) is 0 Å². The highest BCUT2D eigenvalue weighted by Crippen LogP contribution is 2.28. The fourth-order valence-electron chi connectivity index (χ4n) is 5.40. The molecule has 0 rings (SSSR count). The van der Waals surface area contributed by atoms with Gasteiger partial charge in [0, 0.05) is 51.0 Å². The number of carboxylic acid groups (broad SMARTS) is 2. The van der Waals surface area contributed by atoms with E-state index in [0.717, 1.165) is 12.2 Å². The van der Waals surface area contributed by atoms with Crippen LogP contribution in [0.2, 0.25) is 0 Å². The van der Waals surface area contributed by atoms with Gasteiger partial charge in [0.2, 0.25) is 0 Å². The molecule has 0 aliphatic heterocycles. The lowest BCUT2D eigenvalue weighted by atomic mass is 9.80. The van der Waals surface area contributed by atoms with Gasteiger partial charge in [0.15, 0.2) is 23.1 Å². The minimum atomic E-state index is -1.72. The Morgan fingerprint density at radius 2 is 0.741 bits per heavy atom. The first-order chi connectivity index (χ1) is 26.8. The second-order valence-corrected chi connectivity index (χ2v) is 15.8. The standard InChI is InChI=1S/C42H66O16/c1-11-35(47)53-23-25-57-39(3,4)31(43)19-15-13-17-21-55-41(7,8)33(45)27-29(37(49)50)30(38(51)52)28-34(46)42(9,10)56-22-18-14-16-20-32(44)40(5,6)58-26-24-54-36(48)12-2/h11-12,29-30H,1-2,13-28H2,3-10H3,(H,49,50)(H,51,52). The van der Waals surface area contributed by atoms with Crippen LogP contribution in [0.3, 0.4) is 0 Å². The SMILES string of the molecule is C=CC(=O)OCCOC(C)(C)C(=O)CCCCCOC(C)(C)C(=O)CC(C(=O)O)C(CC(=O)C(C)(C)OCCCCCC(=O)C(C)(C)OCCOC(=O)C=C)C(=O)O. The smallest absolute Gasteiger partial charge is 0.330 e. The number of ketones is 4. The average Bonchev–Trinajstić information content (AvgIpc) is 3.14. The molecule has 2 atom stereocenters. The van der Waals surface area contributed by atoms with E-state index in [1.807, 2.05) is 0 Å². The predicted molar refractivity (Wildman–Crippen MR) is 211 cm³/mol. The molecule has 0 aliphatic carbocycles. The molecule has 16 nitrogen and oxygen atoms in total. The summed E-state index contributed by atoms with van der Waals surface area (Å²) in [6.07, 6.45) is 4.27. The fraction of sp³-hybridized carbons (Fsp3) is 0.714. The van der Waals surface area contributed by atoms with E-state index in [1.54, 1.807) is 27.7 Å². The van der Waals surface area contributed by atoms with Crippen molar-refractivity contribution < 1.29 is 77.0 Å². The molecule has 0 aromatic heterocycles. The molecule has 0 aliphatic rings. The number of carbonyl (C=O) groups is 8. The normalized spacial score (nSPS) is 13.2. The molecule has 0 amide bonds. The van der Waals surface area contributed by atoms with Crippen LogP contribution in [0, 0.1) is 11.8 Å². The zero-order valence-corrected chi connectivity index (χ0v) is 35.6. The second-order valence-electron chi connectivity index (χ2n) is 15.8. The zero-order valence-electron chi connectivity index (χ0n) is 35.6. The average molecular weight is 827 g/mol. The molecule has 0 radical (unpaired) electrons. The second kappa shape index (κ2) is 26.1. The van der Waals surface area contributed by atoms with E-state index < -0.39 is 82.5 Å². The maximum absolute atomic E-state index is 13.3. The van der Waals surface area contributed by atoms with Crippen LogP contribution in [-0.4, -0.2) is 119 Å². The van der Waals surface area contributed by atoms with Gasteiger partial charge in [-0.15, -0.1) is 0 Å². The number of carboxylic acids is 2. The molecular weight excluding hydrogens is 760 g/mol. The molecule has 0 saturated heterocycles. The van der Waals surface area contributed by atoms with Crippen LogP contribution in [-0.2, 0) is 66.8 Å². The summed E-state index contributed by atoms with van der Waals surface area (Å²) in [6.45, 7) is 19.2. The van der Waals surface area contributed by atoms with Gasteiger partial charge in [-0.25, -0.2) is 9.59 Å². The van der Waals surface area contributed by atoms with E-state index >= 15 is 0 Å². The minimum Gasteiger partial charge on any atom is -0.481 e. The molecule has 0 heterocycles. The van der Waals surface area contributed by atoms with Crippen molar-refractivity contribution in [2.75, 3.05) is 39.6 Å². The number of Topliss-reactive ketones (excluding diaryl/α,β-unsaturated/α-hetero) is 4. The Bertz CT molecular complexity index is 1320. The Morgan fingerprint density at radius 1 is 0.448 bits per heavy atom. The largest absolute Gasteiger partial charge is 0.481 e. The van der Waals surface area contributed by atoms with Gasteiger partial charge in [-0.2, -0.15) is 0 Å². The number of rotatable bonds is 35. The Hall–Kier alpha value is -4.12. The van der Waals surface area contributed by atoms with Crippen molar-refractivity contribution in [3.8, 4) is 0 Å². The number of hydrogen-bond donors (Lipinski definition) is 2. The van der Waals surface area contributed by atoms with Gasteiger partial charge in [0.1, 0.15) is 35.6 Å². The van der Waals surface area contributed by atoms with Crippen molar-refractivity contribution in [2.24, 2.45) is 11.8 Å². The van der Waals surface area contributed by atoms with E-state index in [9.17, 15) is 48.6 Å². The van der Waals surface area contributed by atoms with E-state index in [4.69, 9.17) is 28.4 Å². The quantitative estimate of drug-likeness (QED) is 0.0475. The molecule has 16 heteroatoms. The molecule has 0 saturated carbocycles. The monoisotopic (exact) mass is 826 g/mol. The predicted octanol–water partition coefficient (Wildman–Crippen LogP) is 5.20. The van der Waals surface area contributed by atoms with Crippen molar-refractivity contribution in [1.82, 2.24) is 0 Å². The summed E-state index contributed by atoms with van der Waals surface area (Å²) in [5.41, 5.74) is -5.08. The molecule has 0 spiro atoms. The lowest BCUT2D eigenvalue weighted by Gasteiger charge is -2.29. The molecule has 0 bridgehead atoms. The summed E-state index contributed by atoms with van der Waals surface area (Å²) >= 11 is 0. The molecule has 0 fully saturated rings. The van der Waals surface area contributed by atoms with E-state index in [-0.39, 0.29) is 64.0 Å². The van der Waals surface area contributed by atoms with Crippen LogP contribution < -0.4 is 0 Å². The van der Waals surface area contributed by atoms with Crippen LogP contribution in [0.1, 0.15) is 120 Å². The van der Waals surface area contributed by atoms with E-state index in [1.165, 1.54) is 27.7 Å². The van der Waals surface area contributed by atoms with E-state index in [2.05, 4.69) is 13.2 Å². The molecule has 0 aromatic carbocycles. The number of unbranched alkanes of at least 4 members (excludes halogenated alkanes) is 4. The molecule has 58 heavy (non-hydrogen) atoms. The van der Waals surface area contributed by atoms with Crippen LogP contribution in [0.25, 0.3) is 0 Å². The van der Waals surface area contributed by atoms with E-state index in [0.29, 0.717) is 38.5 Å². The van der Waals surface area contributed by atoms with Crippen LogP contribution in [0.4, 0.5) is 0 Å². The first-order valence-corrected chi connectivity index (χ1v) is 19.6. The molecule has 2 N–H and O–H groups in total. The number of esters is 2. The van der Waals surface area contributed by atoms with Crippen LogP contribution in [0.5, 0.6) is 0 Å². The van der Waals surface area contributed by atoms with Gasteiger partial charge in [0.05, 0.1) is 25.0 Å². The molecule has 0 aromatic rings. The van der Waals surface area contributed by atoms with Crippen molar-refractivity contribution in [3.05, 3.63) is 25.3 Å². The van der Waals surface area contributed by atoms with Crippen LogP contribution in [0.15, 0.2) is 25.3 Å². The van der Waals surface area contributed by atoms with Crippen LogP contribution >= 0.6 is 0 Å². The first-order valence-electron chi connectivity index (χ1n) is 19.6. The van der Waals surface area contributed by atoms with Crippen molar-refractivity contribution in [2.45, 2.75) is 142 Å². The van der Waals surface area contributed by atoms with Gasteiger partial charge in [-0.1, -0.05) is 26.0 Å². The summed E-state index contributed by atoms with van der Waals surface area (Å²) in [7, 11) is 0. The van der Waals surface area contributed by atoms with Gasteiger partial charge in [-0.05, 0) is 81.1 Å². The number of carbonyl (C=O) groups excluding carboxylic acids is 6. The van der Waals surface area contributed by atoms with Gasteiger partial charge >= 0.3 is 23.9 Å². The Morgan fingerprint density at radius 3 is 1.03 bits per heavy atom.